The van der Waals surface area contributed by atoms with Crippen LogP contribution in [-0.4, -0.2) is 59.9 Å². The van der Waals surface area contributed by atoms with Crippen LogP contribution in [0.1, 0.15) is 62.7 Å². The van der Waals surface area contributed by atoms with Crippen molar-refractivity contribution in [2.45, 2.75) is 58.4 Å². The van der Waals surface area contributed by atoms with Crippen molar-refractivity contribution in [3.63, 3.8) is 0 Å². The maximum atomic E-state index is 13.5. The maximum absolute atomic E-state index is 13.5. The normalized spacial score (nSPS) is 17.0. The summed E-state index contributed by atoms with van der Waals surface area (Å²) >= 11 is 3.39. The van der Waals surface area contributed by atoms with Gasteiger partial charge in [0, 0.05) is 47.8 Å². The lowest BCUT2D eigenvalue weighted by Crippen LogP contribution is -2.45. The van der Waals surface area contributed by atoms with Crippen molar-refractivity contribution in [2.75, 3.05) is 19.8 Å². The van der Waals surface area contributed by atoms with E-state index in [1.165, 1.54) is 0 Å². The number of rotatable bonds is 14. The first-order valence-corrected chi connectivity index (χ1v) is 13.1. The number of alkyl halides is 1. The molecule has 0 radical (unpaired) electrons. The molecule has 1 amide bonds. The second-order valence-electron chi connectivity index (χ2n) is 9.56. The molecule has 1 heterocycles. The van der Waals surface area contributed by atoms with Gasteiger partial charge in [0.1, 0.15) is 6.67 Å². The quantitative estimate of drug-likeness (QED) is 0.153. The van der Waals surface area contributed by atoms with Gasteiger partial charge in [-0.25, -0.2) is 4.39 Å². The van der Waals surface area contributed by atoms with Crippen molar-refractivity contribution < 1.29 is 23.6 Å². The molecule has 0 unspecified atom stereocenters. The van der Waals surface area contributed by atoms with Crippen molar-refractivity contribution in [3.8, 4) is 0 Å². The van der Waals surface area contributed by atoms with E-state index >= 15 is 0 Å². The van der Waals surface area contributed by atoms with E-state index in [4.69, 9.17) is 11.5 Å². The zero-order valence-corrected chi connectivity index (χ0v) is 22.5. The highest BCUT2D eigenvalue weighted by molar-refractivity contribution is 9.10. The monoisotopic (exact) mass is 566 g/mol. The van der Waals surface area contributed by atoms with Crippen LogP contribution in [-0.2, 0) is 14.4 Å². The number of hydrogen-bond donors (Lipinski definition) is 2. The number of nitrogens with two attached hydrogens (primary N) is 2. The number of ketones is 3. The number of amides is 1. The molecule has 2 rings (SSSR count). The Labute approximate surface area is 220 Å². The summed E-state index contributed by atoms with van der Waals surface area (Å²) < 4.78 is 13.8. The van der Waals surface area contributed by atoms with E-state index in [9.17, 15) is 23.6 Å². The predicted octanol–water partition coefficient (Wildman–Crippen LogP) is 3.45. The molecule has 1 aromatic carbocycles. The van der Waals surface area contributed by atoms with Crippen molar-refractivity contribution in [1.82, 2.24) is 4.90 Å². The van der Waals surface area contributed by atoms with E-state index in [1.807, 2.05) is 19.9 Å². The lowest BCUT2D eigenvalue weighted by atomic mass is 9.86. The molecule has 0 saturated carbocycles. The summed E-state index contributed by atoms with van der Waals surface area (Å²) in [5, 5.41) is 0. The molecule has 198 valence electrons. The summed E-state index contributed by atoms with van der Waals surface area (Å²) in [6.45, 7) is 3.31. The predicted molar refractivity (Wildman–Crippen MR) is 140 cm³/mol. The number of carbonyl (C=O) groups is 4. The lowest BCUT2D eigenvalue weighted by Gasteiger charge is -2.30. The first kappa shape index (κ1) is 29.6. The van der Waals surface area contributed by atoms with Gasteiger partial charge in [0.05, 0.1) is 6.04 Å². The summed E-state index contributed by atoms with van der Waals surface area (Å²) in [5.41, 5.74) is 11.1. The molecule has 0 aliphatic carbocycles. The molecule has 0 bridgehead atoms. The van der Waals surface area contributed by atoms with E-state index in [-0.39, 0.29) is 55.2 Å². The summed E-state index contributed by atoms with van der Waals surface area (Å²) in [6, 6.07) is 6.40. The fourth-order valence-corrected chi connectivity index (χ4v) is 5.10. The van der Waals surface area contributed by atoms with Crippen molar-refractivity contribution in [1.29, 1.82) is 0 Å². The summed E-state index contributed by atoms with van der Waals surface area (Å²) in [4.78, 5) is 57.3. The zero-order valence-electron chi connectivity index (χ0n) is 20.9. The molecule has 1 aromatic rings. The molecule has 1 aliphatic heterocycles. The van der Waals surface area contributed by atoms with Crippen molar-refractivity contribution >= 4 is 45.1 Å². The van der Waals surface area contributed by atoms with Gasteiger partial charge in [-0.15, -0.1) is 0 Å². The Balaban J connectivity index is 2.11. The third kappa shape index (κ3) is 8.21. The second kappa shape index (κ2) is 14.2. The molecule has 3 atom stereocenters. The smallest absolute Gasteiger partial charge is 0.227 e. The molecular formula is C26H36BrFN4O4. The highest BCUT2D eigenvalue weighted by Gasteiger charge is 2.39. The van der Waals surface area contributed by atoms with E-state index in [0.29, 0.717) is 35.8 Å². The number of hydrogen-bond acceptors (Lipinski definition) is 5. The Morgan fingerprint density at radius 1 is 1.17 bits per heavy atom. The minimum absolute atomic E-state index is 0.0320. The number of Topliss-reactive ketones (excluding diaryl/α,β-unsaturated/α-hetero) is 3. The minimum Gasteiger partial charge on any atom is -0.370 e. The zero-order chi connectivity index (χ0) is 26.8. The van der Waals surface area contributed by atoms with Gasteiger partial charge in [-0.3, -0.25) is 24.2 Å². The van der Waals surface area contributed by atoms with Crippen LogP contribution >= 0.6 is 15.9 Å². The topological polar surface area (TPSA) is 136 Å². The van der Waals surface area contributed by atoms with E-state index < -0.39 is 30.3 Å². The lowest BCUT2D eigenvalue weighted by molar-refractivity contribution is -0.142. The van der Waals surface area contributed by atoms with Crippen molar-refractivity contribution in [2.24, 2.45) is 34.2 Å². The van der Waals surface area contributed by atoms with Crippen LogP contribution in [0.5, 0.6) is 0 Å². The summed E-state index contributed by atoms with van der Waals surface area (Å²) in [7, 11) is 0. The SMILES string of the molecule is CC(C)[C@H](CC(=O)c1ccccc1Br)C(=O)N1CCC[C@H]1C(=O)C[C@@H](CCCN=C(N)N)C(=O)CF. The van der Waals surface area contributed by atoms with Crippen LogP contribution in [0.3, 0.4) is 0 Å². The average molecular weight is 568 g/mol. The van der Waals surface area contributed by atoms with E-state index in [1.54, 1.807) is 23.1 Å². The standard InChI is InChI=1S/C26H36BrFN4O4/c1-16(2)19(14-22(33)18-8-3-4-9-20(18)27)25(36)32-12-6-10-21(32)23(34)13-17(24(35)15-28)7-5-11-31-26(29)30/h3-4,8-9,16-17,19,21H,5-7,10-15H2,1-2H3,(H4,29,30,31)/t17-,19+,21+/m1/s1. The van der Waals surface area contributed by atoms with Crippen LogP contribution in [0.15, 0.2) is 33.7 Å². The van der Waals surface area contributed by atoms with E-state index in [0.717, 1.165) is 0 Å². The first-order chi connectivity index (χ1) is 17.1. The van der Waals surface area contributed by atoms with E-state index in [2.05, 4.69) is 20.9 Å². The number of nitrogens with zero attached hydrogens (tertiary/aromatic N) is 2. The third-order valence-corrected chi connectivity index (χ3v) is 7.34. The molecule has 10 heteroatoms. The Bertz CT molecular complexity index is 980. The highest BCUT2D eigenvalue weighted by atomic mass is 79.9. The number of halogens is 2. The molecule has 36 heavy (non-hydrogen) atoms. The Morgan fingerprint density at radius 2 is 1.86 bits per heavy atom. The third-order valence-electron chi connectivity index (χ3n) is 6.65. The van der Waals surface area contributed by atoms with Crippen LogP contribution in [0.25, 0.3) is 0 Å². The van der Waals surface area contributed by atoms with Crippen LogP contribution < -0.4 is 11.5 Å². The molecule has 4 N–H and O–H groups in total. The first-order valence-electron chi connectivity index (χ1n) is 12.3. The number of carbonyl (C=O) groups excluding carboxylic acids is 4. The van der Waals surface area contributed by atoms with Gasteiger partial charge < -0.3 is 16.4 Å². The average Bonchev–Trinajstić information content (AvgIpc) is 3.33. The molecule has 1 aliphatic rings. The maximum Gasteiger partial charge on any atom is 0.227 e. The van der Waals surface area contributed by atoms with Gasteiger partial charge in [0.2, 0.25) is 5.91 Å². The molecule has 0 spiro atoms. The summed E-state index contributed by atoms with van der Waals surface area (Å²) in [6.07, 6.45) is 1.74. The fraction of sp³-hybridized carbons (Fsp3) is 0.577. The Hall–Kier alpha value is -2.62. The highest BCUT2D eigenvalue weighted by Crippen LogP contribution is 2.29. The summed E-state index contributed by atoms with van der Waals surface area (Å²) in [5.74, 6) is -2.83. The Morgan fingerprint density at radius 3 is 2.47 bits per heavy atom. The molecule has 1 saturated heterocycles. The van der Waals surface area contributed by atoms with Crippen molar-refractivity contribution in [3.05, 3.63) is 34.3 Å². The Kier molecular flexibility index (Phi) is 11.7. The number of guanidine groups is 1. The fourth-order valence-electron chi connectivity index (χ4n) is 4.59. The number of aliphatic imine (C=N–C) groups is 1. The van der Waals surface area contributed by atoms with Crippen LogP contribution in [0.2, 0.25) is 0 Å². The molecule has 1 fully saturated rings. The van der Waals surface area contributed by atoms with Gasteiger partial charge in [-0.05, 0) is 37.7 Å². The van der Waals surface area contributed by atoms with Crippen LogP contribution in [0, 0.1) is 17.8 Å². The van der Waals surface area contributed by atoms with Gasteiger partial charge in [0.15, 0.2) is 23.3 Å². The van der Waals surface area contributed by atoms with Crippen LogP contribution in [0.4, 0.5) is 4.39 Å². The van der Waals surface area contributed by atoms with Gasteiger partial charge in [-0.2, -0.15) is 0 Å². The second-order valence-corrected chi connectivity index (χ2v) is 10.4. The van der Waals surface area contributed by atoms with Gasteiger partial charge >= 0.3 is 0 Å². The van der Waals surface area contributed by atoms with Gasteiger partial charge in [-0.1, -0.05) is 48.0 Å². The number of likely N-dealkylation sites (tertiary alicyclic amines) is 1. The van der Waals surface area contributed by atoms with Gasteiger partial charge in [0.25, 0.3) is 0 Å². The number of benzene rings is 1. The largest absolute Gasteiger partial charge is 0.370 e. The molecule has 8 nitrogen and oxygen atoms in total. The minimum atomic E-state index is -1.15. The molecule has 0 aromatic heterocycles. The molecular weight excluding hydrogens is 531 g/mol.